The van der Waals surface area contributed by atoms with E-state index in [1.807, 2.05) is 6.92 Å². The molecule has 0 radical (unpaired) electrons. The lowest BCUT2D eigenvalue weighted by Gasteiger charge is -2.30. The minimum atomic E-state index is -0.278. The lowest BCUT2D eigenvalue weighted by Crippen LogP contribution is -2.21. The molecular formula is C14H28O2. The number of allylic oxidation sites excluding steroid dienone is 2. The fourth-order valence-electron chi connectivity index (χ4n) is 2.08. The van der Waals surface area contributed by atoms with Crippen molar-refractivity contribution < 1.29 is 10.2 Å². The van der Waals surface area contributed by atoms with Crippen LogP contribution in [0, 0.1) is 10.8 Å². The van der Waals surface area contributed by atoms with Gasteiger partial charge in [-0.1, -0.05) is 39.3 Å². The second kappa shape index (κ2) is 5.83. The Bertz CT molecular complexity index is 237. The quantitative estimate of drug-likeness (QED) is 0.686. The van der Waals surface area contributed by atoms with Crippen molar-refractivity contribution in [3.8, 4) is 0 Å². The van der Waals surface area contributed by atoms with Gasteiger partial charge >= 0.3 is 0 Å². The predicted octanol–water partition coefficient (Wildman–Crippen LogP) is 3.14. The molecule has 1 unspecified atom stereocenters. The summed E-state index contributed by atoms with van der Waals surface area (Å²) in [5, 5.41) is 18.5. The zero-order valence-electron chi connectivity index (χ0n) is 11.7. The summed E-state index contributed by atoms with van der Waals surface area (Å²) in [7, 11) is 0. The molecule has 96 valence electrons. The topological polar surface area (TPSA) is 40.5 Å². The van der Waals surface area contributed by atoms with Crippen molar-refractivity contribution in [1.29, 1.82) is 0 Å². The highest BCUT2D eigenvalue weighted by atomic mass is 16.3. The first-order chi connectivity index (χ1) is 7.10. The first kappa shape index (κ1) is 15.7. The van der Waals surface area contributed by atoms with Gasteiger partial charge in [0.2, 0.25) is 0 Å². The molecule has 0 rings (SSSR count). The molecule has 0 fully saturated rings. The van der Waals surface area contributed by atoms with Gasteiger partial charge < -0.3 is 10.2 Å². The van der Waals surface area contributed by atoms with Crippen LogP contribution in [-0.4, -0.2) is 22.9 Å². The van der Waals surface area contributed by atoms with Gasteiger partial charge in [0.25, 0.3) is 0 Å². The largest absolute Gasteiger partial charge is 0.396 e. The van der Waals surface area contributed by atoms with Crippen LogP contribution in [-0.2, 0) is 0 Å². The SMILES string of the molecule is C/C(=C/C(C)(C)CC(C)O)C(C)(C)CCO. The summed E-state index contributed by atoms with van der Waals surface area (Å²) >= 11 is 0. The fourth-order valence-corrected chi connectivity index (χ4v) is 2.08. The zero-order valence-corrected chi connectivity index (χ0v) is 11.7. The van der Waals surface area contributed by atoms with Crippen LogP contribution >= 0.6 is 0 Å². The van der Waals surface area contributed by atoms with E-state index in [4.69, 9.17) is 5.11 Å². The van der Waals surface area contributed by atoms with E-state index in [1.165, 1.54) is 5.57 Å². The maximum Gasteiger partial charge on any atom is 0.0520 e. The van der Waals surface area contributed by atoms with E-state index in [1.54, 1.807) is 0 Å². The Morgan fingerprint density at radius 2 is 1.75 bits per heavy atom. The van der Waals surface area contributed by atoms with Crippen molar-refractivity contribution in [3.05, 3.63) is 11.6 Å². The van der Waals surface area contributed by atoms with E-state index in [2.05, 4.69) is 40.7 Å². The van der Waals surface area contributed by atoms with Gasteiger partial charge in [-0.3, -0.25) is 0 Å². The van der Waals surface area contributed by atoms with Crippen molar-refractivity contribution in [2.45, 2.75) is 60.5 Å². The van der Waals surface area contributed by atoms with Gasteiger partial charge in [-0.15, -0.1) is 0 Å². The predicted molar refractivity (Wildman–Crippen MR) is 69.3 cm³/mol. The van der Waals surface area contributed by atoms with Crippen molar-refractivity contribution in [1.82, 2.24) is 0 Å². The van der Waals surface area contributed by atoms with Crippen LogP contribution in [0.3, 0.4) is 0 Å². The van der Waals surface area contributed by atoms with Crippen LogP contribution in [0.25, 0.3) is 0 Å². The number of aliphatic hydroxyl groups is 2. The van der Waals surface area contributed by atoms with E-state index in [-0.39, 0.29) is 23.5 Å². The van der Waals surface area contributed by atoms with Crippen molar-refractivity contribution in [2.75, 3.05) is 6.61 Å². The molecule has 2 N–H and O–H groups in total. The lowest BCUT2D eigenvalue weighted by atomic mass is 9.76. The Morgan fingerprint density at radius 1 is 1.25 bits per heavy atom. The van der Waals surface area contributed by atoms with Gasteiger partial charge in [-0.2, -0.15) is 0 Å². The standard InChI is InChI=1S/C14H28O2/c1-11(14(5,6)7-8-15)9-13(3,4)10-12(2)16/h9,12,15-16H,7-8,10H2,1-6H3/b11-9-. The minimum Gasteiger partial charge on any atom is -0.396 e. The average molecular weight is 228 g/mol. The molecule has 16 heavy (non-hydrogen) atoms. The van der Waals surface area contributed by atoms with Crippen LogP contribution < -0.4 is 0 Å². The van der Waals surface area contributed by atoms with Crippen molar-refractivity contribution in [3.63, 3.8) is 0 Å². The molecule has 2 heteroatoms. The van der Waals surface area contributed by atoms with E-state index >= 15 is 0 Å². The Hall–Kier alpha value is -0.340. The third-order valence-electron chi connectivity index (χ3n) is 3.23. The van der Waals surface area contributed by atoms with Crippen LogP contribution in [0.5, 0.6) is 0 Å². The summed E-state index contributed by atoms with van der Waals surface area (Å²) in [6, 6.07) is 0. The Morgan fingerprint density at radius 3 is 2.12 bits per heavy atom. The van der Waals surface area contributed by atoms with Crippen LogP contribution in [0.1, 0.15) is 54.4 Å². The highest BCUT2D eigenvalue weighted by Gasteiger charge is 2.24. The Balaban J connectivity index is 4.74. The van der Waals surface area contributed by atoms with Crippen LogP contribution in [0.4, 0.5) is 0 Å². The maximum atomic E-state index is 9.44. The number of hydrogen-bond donors (Lipinski definition) is 2. The van der Waals surface area contributed by atoms with E-state index in [0.29, 0.717) is 0 Å². The molecule has 0 saturated heterocycles. The normalized spacial score (nSPS) is 16.4. The second-order valence-corrected chi connectivity index (χ2v) is 6.23. The van der Waals surface area contributed by atoms with E-state index in [0.717, 1.165) is 12.8 Å². The molecule has 2 nitrogen and oxygen atoms in total. The smallest absolute Gasteiger partial charge is 0.0520 e. The molecule has 0 saturated carbocycles. The summed E-state index contributed by atoms with van der Waals surface area (Å²) in [4.78, 5) is 0. The Labute approximate surface area is 100 Å². The molecule has 0 aromatic carbocycles. The summed E-state index contributed by atoms with van der Waals surface area (Å²) in [5.41, 5.74) is 1.32. The summed E-state index contributed by atoms with van der Waals surface area (Å²) in [5.74, 6) is 0. The monoisotopic (exact) mass is 228 g/mol. The molecule has 0 heterocycles. The van der Waals surface area contributed by atoms with Crippen LogP contribution in [0.2, 0.25) is 0 Å². The molecule has 0 amide bonds. The average Bonchev–Trinajstić information content (AvgIpc) is 1.99. The molecule has 0 aromatic heterocycles. The van der Waals surface area contributed by atoms with E-state index in [9.17, 15) is 5.11 Å². The van der Waals surface area contributed by atoms with Gasteiger partial charge in [0.15, 0.2) is 0 Å². The summed E-state index contributed by atoms with van der Waals surface area (Å²) in [6.45, 7) is 12.7. The van der Waals surface area contributed by atoms with Gasteiger partial charge in [0.05, 0.1) is 6.10 Å². The first-order valence-corrected chi connectivity index (χ1v) is 6.09. The molecular weight excluding hydrogens is 200 g/mol. The zero-order chi connectivity index (χ0) is 13.0. The molecule has 0 aliphatic carbocycles. The summed E-state index contributed by atoms with van der Waals surface area (Å²) in [6.07, 6.45) is 3.50. The van der Waals surface area contributed by atoms with Gasteiger partial charge in [0.1, 0.15) is 0 Å². The maximum absolute atomic E-state index is 9.44. The van der Waals surface area contributed by atoms with Gasteiger partial charge in [-0.25, -0.2) is 0 Å². The van der Waals surface area contributed by atoms with E-state index < -0.39 is 0 Å². The van der Waals surface area contributed by atoms with Crippen LogP contribution in [0.15, 0.2) is 11.6 Å². The van der Waals surface area contributed by atoms with Gasteiger partial charge in [0, 0.05) is 6.61 Å². The molecule has 0 bridgehead atoms. The van der Waals surface area contributed by atoms with Crippen molar-refractivity contribution >= 4 is 0 Å². The number of rotatable bonds is 6. The third-order valence-corrected chi connectivity index (χ3v) is 3.23. The highest BCUT2D eigenvalue weighted by Crippen LogP contribution is 2.34. The molecule has 0 aromatic rings. The van der Waals surface area contributed by atoms with Crippen molar-refractivity contribution in [2.24, 2.45) is 10.8 Å². The molecule has 0 aliphatic rings. The fraction of sp³-hybridized carbons (Fsp3) is 0.857. The number of aliphatic hydroxyl groups excluding tert-OH is 2. The Kier molecular flexibility index (Phi) is 5.71. The molecule has 1 atom stereocenters. The molecule has 0 spiro atoms. The van der Waals surface area contributed by atoms with Gasteiger partial charge in [-0.05, 0) is 37.5 Å². The third kappa shape index (κ3) is 5.66. The number of hydrogen-bond acceptors (Lipinski definition) is 2. The minimum absolute atomic E-state index is 0.00494. The first-order valence-electron chi connectivity index (χ1n) is 6.09. The lowest BCUT2D eigenvalue weighted by molar-refractivity contribution is 0.147. The highest BCUT2D eigenvalue weighted by molar-refractivity contribution is 5.13. The molecule has 0 aliphatic heterocycles. The summed E-state index contributed by atoms with van der Waals surface area (Å²) < 4.78 is 0. The second-order valence-electron chi connectivity index (χ2n) is 6.23.